The zero-order chi connectivity index (χ0) is 47.2. The molecule has 24 heteroatoms. The van der Waals surface area contributed by atoms with Gasteiger partial charge in [-0.05, 0) is 52.0 Å². The van der Waals surface area contributed by atoms with Gasteiger partial charge in [0.1, 0.15) is 19.0 Å². The molecule has 8 aromatic heterocycles. The molecule has 0 aliphatic carbocycles. The lowest BCUT2D eigenvalue weighted by Crippen LogP contribution is -2.38. The number of aromatic amines is 1. The van der Waals surface area contributed by atoms with Crippen LogP contribution in [0.25, 0.3) is 23.8 Å². The molecule has 0 saturated heterocycles. The lowest BCUT2D eigenvalue weighted by molar-refractivity contribution is -0.649. The first-order valence-electron chi connectivity index (χ1n) is 21.4. The zero-order valence-electron chi connectivity index (χ0n) is 39.1. The van der Waals surface area contributed by atoms with Crippen LogP contribution in [-0.2, 0) is 0 Å². The summed E-state index contributed by atoms with van der Waals surface area (Å²) in [6, 6.07) is 7.04. The van der Waals surface area contributed by atoms with Gasteiger partial charge in [-0.25, -0.2) is 35.0 Å². The fourth-order valence-corrected chi connectivity index (χ4v) is 4.19. The summed E-state index contributed by atoms with van der Waals surface area (Å²) >= 11 is 0. The third kappa shape index (κ3) is 18.8. The first-order valence-corrected chi connectivity index (χ1v) is 21.4. The Labute approximate surface area is 375 Å². The average molecular weight is 882 g/mol. The van der Waals surface area contributed by atoms with E-state index >= 15 is 0 Å². The Morgan fingerprint density at radius 1 is 0.469 bits per heavy atom. The number of nitrogens with one attached hydrogen (secondary N) is 5. The number of anilines is 4. The molecule has 8 rings (SSSR count). The summed E-state index contributed by atoms with van der Waals surface area (Å²) in [5.41, 5.74) is 0. The highest BCUT2D eigenvalue weighted by atomic mass is 15.5. The molecule has 8 heterocycles. The Morgan fingerprint density at radius 2 is 0.875 bits per heavy atom. The zero-order valence-corrected chi connectivity index (χ0v) is 39.1. The van der Waals surface area contributed by atoms with Crippen LogP contribution in [0.4, 0.5) is 23.8 Å². The van der Waals surface area contributed by atoms with Gasteiger partial charge in [-0.2, -0.15) is 34.1 Å². The Balaban J connectivity index is 0.000000405. The second kappa shape index (κ2) is 34.8. The highest BCUT2D eigenvalue weighted by Gasteiger charge is 2.13. The maximum absolute atomic E-state index is 4.14. The molecule has 0 radical (unpaired) electrons. The fraction of sp³-hybridized carbons (Fsp3) is 0.400. The van der Waals surface area contributed by atoms with Crippen molar-refractivity contribution >= 4 is 23.8 Å². The van der Waals surface area contributed by atoms with Crippen LogP contribution < -0.4 is 25.9 Å². The van der Waals surface area contributed by atoms with Gasteiger partial charge in [0.05, 0.1) is 12.4 Å². The number of hydrogen-bond acceptors (Lipinski definition) is 19. The lowest BCUT2D eigenvalue weighted by atomic mass is 10.7. The van der Waals surface area contributed by atoms with Crippen LogP contribution in [0.5, 0.6) is 0 Å². The molecule has 0 atom stereocenters. The minimum Gasteiger partial charge on any atom is -0.354 e. The van der Waals surface area contributed by atoms with Crippen molar-refractivity contribution in [1.82, 2.24) is 94.2 Å². The standard InChI is InChI=1S/4C8H10N6.4C2H6/c2*1-2-9-7-12-6-14(13-7)8-10-4-3-5-11-8;2*1-2-9-7-12-6-13-14(7)8-10-4-3-5-11-8;4*1-2/h2*3-6H,2H2,1H3,(H,9,13);2*3-6H,2H2,1H3,(H,9,12,13);4*1-2H3/p+1. The van der Waals surface area contributed by atoms with Crippen LogP contribution in [0.1, 0.15) is 83.1 Å². The van der Waals surface area contributed by atoms with Crippen LogP contribution in [0.15, 0.2) is 99.1 Å². The molecule has 0 bridgehead atoms. The van der Waals surface area contributed by atoms with Gasteiger partial charge >= 0.3 is 11.9 Å². The van der Waals surface area contributed by atoms with Crippen LogP contribution in [0.3, 0.4) is 0 Å². The Kier molecular flexibility index (Phi) is 29.4. The summed E-state index contributed by atoms with van der Waals surface area (Å²) in [6.07, 6.45) is 19.6. The van der Waals surface area contributed by atoms with E-state index in [2.05, 4.69) is 101 Å². The molecule has 64 heavy (non-hydrogen) atoms. The van der Waals surface area contributed by atoms with Gasteiger partial charge in [0.25, 0.3) is 17.8 Å². The van der Waals surface area contributed by atoms with Crippen molar-refractivity contribution in [1.29, 1.82) is 0 Å². The van der Waals surface area contributed by atoms with Crippen molar-refractivity contribution in [2.24, 2.45) is 0 Å². The third-order valence-corrected chi connectivity index (χ3v) is 6.46. The SMILES string of the molecule is CC.CC.CC.CC.CCNc1nc[nH][n+]1-c1ncccn1.CCNc1ncn(-c2ncccn2)n1.CCNc1ncn(-c2ncccn2)n1.CCNc1ncnn1-c1ncccn1. The number of rotatable bonds is 12. The Hall–Kier alpha value is -7.92. The Morgan fingerprint density at radius 3 is 1.30 bits per heavy atom. The molecule has 24 nitrogen and oxygen atoms in total. The highest BCUT2D eigenvalue weighted by Crippen LogP contribution is 2.06. The van der Waals surface area contributed by atoms with E-state index in [1.807, 2.05) is 83.1 Å². The van der Waals surface area contributed by atoms with Crippen LogP contribution in [-0.4, -0.2) is 120 Å². The lowest BCUT2D eigenvalue weighted by Gasteiger charge is -2.03. The summed E-state index contributed by atoms with van der Waals surface area (Å²) in [5, 5.41) is 27.4. The molecule has 0 spiro atoms. The van der Waals surface area contributed by atoms with E-state index in [0.29, 0.717) is 47.6 Å². The van der Waals surface area contributed by atoms with Gasteiger partial charge in [-0.3, -0.25) is 0 Å². The van der Waals surface area contributed by atoms with Crippen molar-refractivity contribution in [3.05, 3.63) is 99.1 Å². The van der Waals surface area contributed by atoms with Crippen molar-refractivity contribution in [2.75, 3.05) is 47.4 Å². The Bertz CT molecular complexity index is 2070. The minimum absolute atomic E-state index is 0.515. The van der Waals surface area contributed by atoms with Crippen molar-refractivity contribution in [3.63, 3.8) is 0 Å². The molecule has 0 unspecified atom stereocenters. The molecular weight excluding hydrogens is 817 g/mol. The fourth-order valence-electron chi connectivity index (χ4n) is 4.19. The minimum atomic E-state index is 0.515. The predicted octanol–water partition coefficient (Wildman–Crippen LogP) is 5.48. The van der Waals surface area contributed by atoms with Gasteiger partial charge < -0.3 is 21.3 Å². The maximum atomic E-state index is 4.14. The molecule has 0 saturated carbocycles. The van der Waals surface area contributed by atoms with Gasteiger partial charge in [0.2, 0.25) is 17.8 Å². The van der Waals surface area contributed by atoms with Crippen LogP contribution in [0.2, 0.25) is 0 Å². The molecule has 0 aromatic carbocycles. The smallest absolute Gasteiger partial charge is 0.354 e. The van der Waals surface area contributed by atoms with Gasteiger partial charge in [0.15, 0.2) is 6.33 Å². The van der Waals surface area contributed by atoms with E-state index in [1.165, 1.54) is 15.7 Å². The molecular formula is C40H65N24+. The van der Waals surface area contributed by atoms with Crippen molar-refractivity contribution < 1.29 is 4.68 Å². The summed E-state index contributed by atoms with van der Waals surface area (Å²) in [6.45, 7) is 27.1. The first kappa shape index (κ1) is 54.1. The van der Waals surface area contributed by atoms with E-state index in [4.69, 9.17) is 0 Å². The molecule has 8 aromatic rings. The molecule has 0 amide bonds. The summed E-state index contributed by atoms with van der Waals surface area (Å²) < 4.78 is 6.29. The second-order valence-corrected chi connectivity index (χ2v) is 10.4. The maximum Gasteiger partial charge on any atom is 0.377 e. The predicted molar refractivity (Wildman–Crippen MR) is 249 cm³/mol. The number of aromatic nitrogens is 20. The van der Waals surface area contributed by atoms with Gasteiger partial charge in [-0.15, -0.1) is 29.8 Å². The van der Waals surface area contributed by atoms with E-state index in [1.54, 1.807) is 102 Å². The van der Waals surface area contributed by atoms with Crippen LogP contribution >= 0.6 is 0 Å². The van der Waals surface area contributed by atoms with E-state index in [9.17, 15) is 0 Å². The number of nitrogens with zero attached hydrogens (tertiary/aromatic N) is 19. The molecule has 344 valence electrons. The number of hydrogen-bond donors (Lipinski definition) is 5. The first-order chi connectivity index (χ1) is 31.6. The highest BCUT2D eigenvalue weighted by molar-refractivity contribution is 5.30. The van der Waals surface area contributed by atoms with Gasteiger partial charge in [0, 0.05) is 63.4 Å². The van der Waals surface area contributed by atoms with E-state index in [0.717, 1.165) is 26.2 Å². The largest absolute Gasteiger partial charge is 0.377 e. The van der Waals surface area contributed by atoms with Crippen LogP contribution in [0, 0.1) is 0 Å². The number of H-pyrrole nitrogens is 1. The average Bonchev–Trinajstić information content (AvgIpc) is 4.24. The monoisotopic (exact) mass is 882 g/mol. The quantitative estimate of drug-likeness (QED) is 0.0950. The normalized spacial score (nSPS) is 9.19. The topological polar surface area (TPSA) is 276 Å². The second-order valence-electron chi connectivity index (χ2n) is 10.4. The summed E-state index contributed by atoms with van der Waals surface area (Å²) in [5.74, 6) is 4.65. The molecule has 0 aliphatic heterocycles. The summed E-state index contributed by atoms with van der Waals surface area (Å²) in [7, 11) is 0. The van der Waals surface area contributed by atoms with Crippen molar-refractivity contribution in [3.8, 4) is 23.8 Å². The molecule has 0 fully saturated rings. The van der Waals surface area contributed by atoms with E-state index in [-0.39, 0.29) is 0 Å². The molecule has 0 aliphatic rings. The van der Waals surface area contributed by atoms with Crippen molar-refractivity contribution in [2.45, 2.75) is 83.1 Å². The van der Waals surface area contributed by atoms with Gasteiger partial charge in [-0.1, -0.05) is 55.4 Å². The third-order valence-electron chi connectivity index (χ3n) is 6.46. The van der Waals surface area contributed by atoms with E-state index < -0.39 is 0 Å². The molecule has 5 N–H and O–H groups in total. The summed E-state index contributed by atoms with van der Waals surface area (Å²) in [4.78, 5) is 48.8.